The zero-order valence-corrected chi connectivity index (χ0v) is 21.0. The molecule has 0 saturated heterocycles. The second-order valence-electron chi connectivity index (χ2n) is 9.61. The minimum absolute atomic E-state index is 0.0279. The van der Waals surface area contributed by atoms with Crippen molar-refractivity contribution in [1.29, 1.82) is 0 Å². The van der Waals surface area contributed by atoms with Crippen LogP contribution in [-0.4, -0.2) is 57.8 Å². The van der Waals surface area contributed by atoms with E-state index in [1.807, 2.05) is 25.1 Å². The van der Waals surface area contributed by atoms with Crippen molar-refractivity contribution >= 4 is 34.0 Å². The molecule has 0 spiro atoms. The van der Waals surface area contributed by atoms with Gasteiger partial charge in [0.05, 0.1) is 11.4 Å². The molecule has 0 aliphatic carbocycles. The van der Waals surface area contributed by atoms with Gasteiger partial charge in [0, 0.05) is 68.8 Å². The summed E-state index contributed by atoms with van der Waals surface area (Å²) in [6.45, 7) is 3.68. The normalized spacial score (nSPS) is 17.2. The minimum Gasteiger partial charge on any atom is -0.383 e. The molecule has 6 rings (SSSR count). The van der Waals surface area contributed by atoms with Crippen molar-refractivity contribution in [2.45, 2.75) is 32.4 Å². The number of nitrogens with one attached hydrogen (secondary N) is 2. The second kappa shape index (κ2) is 9.11. The summed E-state index contributed by atoms with van der Waals surface area (Å²) < 4.78 is 22.5. The first-order valence-electron chi connectivity index (χ1n) is 12.3. The van der Waals surface area contributed by atoms with E-state index >= 15 is 4.39 Å². The third-order valence-corrected chi connectivity index (χ3v) is 7.30. The Kier molecular flexibility index (Phi) is 5.75. The monoisotopic (exact) mass is 501 g/mol. The van der Waals surface area contributed by atoms with Crippen LogP contribution in [0.15, 0.2) is 36.7 Å². The quantitative estimate of drug-likeness (QED) is 0.433. The van der Waals surface area contributed by atoms with E-state index in [-0.39, 0.29) is 24.4 Å². The second-order valence-corrected chi connectivity index (χ2v) is 9.61. The van der Waals surface area contributed by atoms with Gasteiger partial charge >= 0.3 is 0 Å². The molecule has 0 bridgehead atoms. The number of halogens is 1. The first-order valence-corrected chi connectivity index (χ1v) is 12.3. The smallest absolute Gasteiger partial charge is 0.244 e. The largest absolute Gasteiger partial charge is 0.383 e. The van der Waals surface area contributed by atoms with Crippen LogP contribution in [-0.2, 0) is 22.5 Å². The Balaban J connectivity index is 1.33. The van der Waals surface area contributed by atoms with Crippen molar-refractivity contribution < 1.29 is 13.9 Å². The summed E-state index contributed by atoms with van der Waals surface area (Å²) in [6.07, 6.45) is 4.86. The summed E-state index contributed by atoms with van der Waals surface area (Å²) in [7, 11) is 3.50. The summed E-state index contributed by atoms with van der Waals surface area (Å²) in [5.74, 6) is 0.831. The fourth-order valence-corrected chi connectivity index (χ4v) is 5.15. The van der Waals surface area contributed by atoms with Crippen molar-refractivity contribution in [3.63, 3.8) is 0 Å². The molecule has 0 radical (unpaired) electrons. The fourth-order valence-electron chi connectivity index (χ4n) is 5.15. The highest BCUT2D eigenvalue weighted by Crippen LogP contribution is 2.38. The van der Waals surface area contributed by atoms with Gasteiger partial charge in [-0.1, -0.05) is 0 Å². The standard InChI is InChI=1S/C27H28FN7O2/c1-15-19(12-31-27-22(37-3)4-6-29-26(15)27)16-8-17-10-23(30-13-20(17)21(28)9-16)32-24-11-18-5-7-34(2)25(36)14-35(18)33-24/h8-13,22,29H,4-7,14H2,1-3H3,(H,30,32,33)/t22-/m1/s1. The van der Waals surface area contributed by atoms with Crippen molar-refractivity contribution in [2.75, 3.05) is 37.9 Å². The first kappa shape index (κ1) is 23.4. The number of nitrogens with zero attached hydrogens (tertiary/aromatic N) is 5. The van der Waals surface area contributed by atoms with Crippen LogP contribution in [0.5, 0.6) is 0 Å². The molecule has 0 saturated carbocycles. The SMILES string of the molecule is CO[C@@H]1CCNc2c1ncc(-c1cc(F)c3cnc(Nc4cc5n(n4)CC(=O)N(C)CC5)cc3c1)c2C. The van der Waals surface area contributed by atoms with Crippen LogP contribution in [0, 0.1) is 12.7 Å². The molecule has 2 N–H and O–H groups in total. The Morgan fingerprint density at radius 2 is 2.03 bits per heavy atom. The van der Waals surface area contributed by atoms with Crippen LogP contribution < -0.4 is 10.6 Å². The molecule has 5 heterocycles. The highest BCUT2D eigenvalue weighted by molar-refractivity contribution is 5.90. The van der Waals surface area contributed by atoms with E-state index < -0.39 is 0 Å². The number of amides is 1. The summed E-state index contributed by atoms with van der Waals surface area (Å²) in [6, 6.07) is 7.23. The fraction of sp³-hybridized carbons (Fsp3) is 0.333. The molecular weight excluding hydrogens is 473 g/mol. The maximum Gasteiger partial charge on any atom is 0.244 e. The molecule has 2 aliphatic rings. The average Bonchev–Trinajstić information content (AvgIpc) is 3.21. The van der Waals surface area contributed by atoms with Gasteiger partial charge in [-0.3, -0.25) is 14.5 Å². The number of likely N-dealkylation sites (N-methyl/N-ethyl adjacent to an activating group) is 1. The number of hydrogen-bond acceptors (Lipinski definition) is 7. The zero-order chi connectivity index (χ0) is 25.7. The Hall–Kier alpha value is -4.05. The Labute approximate surface area is 213 Å². The van der Waals surface area contributed by atoms with E-state index in [0.29, 0.717) is 29.0 Å². The van der Waals surface area contributed by atoms with Gasteiger partial charge in [0.2, 0.25) is 5.91 Å². The Morgan fingerprint density at radius 3 is 2.86 bits per heavy atom. The number of anilines is 3. The van der Waals surface area contributed by atoms with Gasteiger partial charge in [-0.25, -0.2) is 9.37 Å². The van der Waals surface area contributed by atoms with Gasteiger partial charge in [-0.15, -0.1) is 0 Å². The molecule has 0 unspecified atom stereocenters. The van der Waals surface area contributed by atoms with Crippen molar-refractivity contribution in [2.24, 2.45) is 0 Å². The summed E-state index contributed by atoms with van der Waals surface area (Å²) in [5.41, 5.74) is 5.44. The number of fused-ring (bicyclic) bond motifs is 3. The highest BCUT2D eigenvalue weighted by atomic mass is 19.1. The molecule has 2 aliphatic heterocycles. The van der Waals surface area contributed by atoms with Crippen LogP contribution in [0.3, 0.4) is 0 Å². The summed E-state index contributed by atoms with van der Waals surface area (Å²) >= 11 is 0. The minimum atomic E-state index is -0.345. The third-order valence-electron chi connectivity index (χ3n) is 7.30. The lowest BCUT2D eigenvalue weighted by Gasteiger charge is -2.27. The Bertz CT molecular complexity index is 1530. The van der Waals surface area contributed by atoms with Crippen molar-refractivity contribution in [1.82, 2.24) is 24.6 Å². The van der Waals surface area contributed by atoms with Crippen molar-refractivity contribution in [3.05, 3.63) is 59.4 Å². The van der Waals surface area contributed by atoms with Gasteiger partial charge in [-0.2, -0.15) is 5.10 Å². The molecule has 37 heavy (non-hydrogen) atoms. The molecule has 3 aromatic heterocycles. The van der Waals surface area contributed by atoms with Crippen LogP contribution in [0.25, 0.3) is 21.9 Å². The number of carbonyl (C=O) groups excluding carboxylic acids is 1. The molecule has 1 aromatic carbocycles. The molecule has 1 atom stereocenters. The lowest BCUT2D eigenvalue weighted by Crippen LogP contribution is -2.29. The predicted molar refractivity (Wildman–Crippen MR) is 139 cm³/mol. The molecule has 9 nitrogen and oxygen atoms in total. The molecule has 190 valence electrons. The van der Waals surface area contributed by atoms with Crippen LogP contribution in [0.2, 0.25) is 0 Å². The topological polar surface area (TPSA) is 97.2 Å². The number of hydrogen-bond donors (Lipinski definition) is 2. The van der Waals surface area contributed by atoms with E-state index in [2.05, 4.69) is 25.7 Å². The van der Waals surface area contributed by atoms with Crippen molar-refractivity contribution in [3.8, 4) is 11.1 Å². The lowest BCUT2D eigenvalue weighted by molar-refractivity contribution is -0.130. The van der Waals surface area contributed by atoms with Gasteiger partial charge in [0.25, 0.3) is 0 Å². The molecule has 10 heteroatoms. The van der Waals surface area contributed by atoms with E-state index in [0.717, 1.165) is 53.2 Å². The van der Waals surface area contributed by atoms with E-state index in [4.69, 9.17) is 4.74 Å². The number of pyridine rings is 2. The first-order chi connectivity index (χ1) is 17.9. The van der Waals surface area contributed by atoms with Gasteiger partial charge in [-0.05, 0) is 48.1 Å². The molecule has 1 amide bonds. The lowest BCUT2D eigenvalue weighted by atomic mass is 9.95. The maximum absolute atomic E-state index is 15.2. The number of benzene rings is 1. The Morgan fingerprint density at radius 1 is 1.16 bits per heavy atom. The van der Waals surface area contributed by atoms with Crippen LogP contribution in [0.1, 0.15) is 29.5 Å². The van der Waals surface area contributed by atoms with Crippen LogP contribution in [0.4, 0.5) is 21.7 Å². The average molecular weight is 502 g/mol. The van der Waals surface area contributed by atoms with Crippen LogP contribution >= 0.6 is 0 Å². The molecular formula is C27H28FN7O2. The number of rotatable bonds is 4. The summed E-state index contributed by atoms with van der Waals surface area (Å²) in [5, 5.41) is 12.3. The predicted octanol–water partition coefficient (Wildman–Crippen LogP) is 4.20. The number of methoxy groups -OCH3 is 1. The number of ether oxygens (including phenoxy) is 1. The zero-order valence-electron chi connectivity index (χ0n) is 21.0. The molecule has 4 aromatic rings. The summed E-state index contributed by atoms with van der Waals surface area (Å²) in [4.78, 5) is 23.0. The number of carbonyl (C=O) groups is 1. The molecule has 0 fully saturated rings. The maximum atomic E-state index is 15.2. The van der Waals surface area contributed by atoms with E-state index in [1.54, 1.807) is 29.9 Å². The van der Waals surface area contributed by atoms with Gasteiger partial charge in [0.15, 0.2) is 5.82 Å². The number of aromatic nitrogens is 4. The van der Waals surface area contributed by atoms with Gasteiger partial charge in [0.1, 0.15) is 24.3 Å². The van der Waals surface area contributed by atoms with E-state index in [9.17, 15) is 4.79 Å². The van der Waals surface area contributed by atoms with E-state index in [1.165, 1.54) is 12.3 Å². The highest BCUT2D eigenvalue weighted by Gasteiger charge is 2.24. The third kappa shape index (κ3) is 4.17. The van der Waals surface area contributed by atoms with Gasteiger partial charge < -0.3 is 20.3 Å².